The Kier molecular flexibility index (Phi) is 5.61. The molecule has 1 aliphatic heterocycles. The summed E-state index contributed by atoms with van der Waals surface area (Å²) in [5.74, 6) is -2.00. The molecule has 0 saturated carbocycles. The first-order valence-electron chi connectivity index (χ1n) is 7.85. The maximum atomic E-state index is 12.5. The number of carbonyl (C=O) groups excluding carboxylic acids is 1. The van der Waals surface area contributed by atoms with Gasteiger partial charge in [0.1, 0.15) is 6.04 Å². The fourth-order valence-electron chi connectivity index (χ4n) is 2.56. The number of hydrogen-bond acceptors (Lipinski definition) is 4. The number of benzene rings is 1. The lowest BCUT2D eigenvalue weighted by Crippen LogP contribution is -2.57. The maximum Gasteiger partial charge on any atom is 0.326 e. The number of nitrogens with one attached hydrogen (secondary N) is 1. The fraction of sp³-hybridized carbons (Fsp3) is 0.500. The molecule has 0 aromatic heterocycles. The van der Waals surface area contributed by atoms with Gasteiger partial charge in [-0.15, -0.1) is 0 Å². The quantitative estimate of drug-likeness (QED) is 0.760. The van der Waals surface area contributed by atoms with Crippen LogP contribution in [-0.2, 0) is 19.6 Å². The standard InChI is InChI=1S/C16H22N2O5S/c1-3-5-14(16(20)21)17-15(19)12-9-18(10-12)24(22,23)13-7-4-6-11(2)8-13/h4,6-8,12,14H,3,5,9-10H2,1-2H3,(H,17,19)(H,20,21). The SMILES string of the molecule is CCCC(NC(=O)C1CN(S(=O)(=O)c2cccc(C)c2)C1)C(=O)O. The van der Waals surface area contributed by atoms with E-state index in [9.17, 15) is 18.0 Å². The van der Waals surface area contributed by atoms with Crippen LogP contribution in [0.25, 0.3) is 0 Å². The molecule has 1 amide bonds. The molecule has 0 radical (unpaired) electrons. The van der Waals surface area contributed by atoms with E-state index in [0.29, 0.717) is 12.8 Å². The van der Waals surface area contributed by atoms with E-state index in [0.717, 1.165) is 5.56 Å². The van der Waals surface area contributed by atoms with E-state index in [1.54, 1.807) is 12.1 Å². The number of carbonyl (C=O) groups is 2. The summed E-state index contributed by atoms with van der Waals surface area (Å²) in [6, 6.07) is 5.67. The highest BCUT2D eigenvalue weighted by molar-refractivity contribution is 7.89. The highest BCUT2D eigenvalue weighted by Gasteiger charge is 2.41. The van der Waals surface area contributed by atoms with E-state index in [1.165, 1.54) is 10.4 Å². The van der Waals surface area contributed by atoms with Crippen molar-refractivity contribution in [3.8, 4) is 0 Å². The minimum atomic E-state index is -3.61. The van der Waals surface area contributed by atoms with Crippen molar-refractivity contribution in [2.45, 2.75) is 37.6 Å². The third-order valence-electron chi connectivity index (χ3n) is 4.04. The molecule has 0 spiro atoms. The number of aryl methyl sites for hydroxylation is 1. The van der Waals surface area contributed by atoms with Crippen LogP contribution >= 0.6 is 0 Å². The largest absolute Gasteiger partial charge is 0.480 e. The first-order chi connectivity index (χ1) is 11.3. The molecule has 2 N–H and O–H groups in total. The highest BCUT2D eigenvalue weighted by Crippen LogP contribution is 2.25. The second-order valence-corrected chi connectivity index (χ2v) is 7.96. The second-order valence-electron chi connectivity index (χ2n) is 6.02. The number of carboxylic acid groups (broad SMARTS) is 1. The Morgan fingerprint density at radius 3 is 2.58 bits per heavy atom. The molecule has 1 heterocycles. The molecular formula is C16H22N2O5S. The smallest absolute Gasteiger partial charge is 0.326 e. The number of hydrogen-bond donors (Lipinski definition) is 2. The van der Waals surface area contributed by atoms with E-state index < -0.39 is 33.9 Å². The zero-order chi connectivity index (χ0) is 17.9. The Labute approximate surface area is 141 Å². The molecule has 1 aromatic rings. The summed E-state index contributed by atoms with van der Waals surface area (Å²) in [5, 5.41) is 11.5. The van der Waals surface area contributed by atoms with Crippen molar-refractivity contribution < 1.29 is 23.1 Å². The van der Waals surface area contributed by atoms with Gasteiger partial charge in [0, 0.05) is 13.1 Å². The Balaban J connectivity index is 1.97. The highest BCUT2D eigenvalue weighted by atomic mass is 32.2. The van der Waals surface area contributed by atoms with Crippen LogP contribution in [0.3, 0.4) is 0 Å². The molecule has 1 aliphatic rings. The van der Waals surface area contributed by atoms with Gasteiger partial charge in [-0.05, 0) is 31.0 Å². The number of carboxylic acids is 1. The molecule has 0 aliphatic carbocycles. The Hall–Kier alpha value is -1.93. The van der Waals surface area contributed by atoms with Gasteiger partial charge in [0.05, 0.1) is 10.8 Å². The van der Waals surface area contributed by atoms with Crippen LogP contribution in [0.2, 0.25) is 0 Å². The van der Waals surface area contributed by atoms with Crippen molar-refractivity contribution in [2.24, 2.45) is 5.92 Å². The fourth-order valence-corrected chi connectivity index (χ4v) is 4.20. The molecule has 7 nitrogen and oxygen atoms in total. The summed E-state index contributed by atoms with van der Waals surface area (Å²) < 4.78 is 26.2. The Morgan fingerprint density at radius 2 is 2.04 bits per heavy atom. The maximum absolute atomic E-state index is 12.5. The molecular weight excluding hydrogens is 332 g/mol. The summed E-state index contributed by atoms with van der Waals surface area (Å²) in [6.45, 7) is 3.79. The van der Waals surface area contributed by atoms with Crippen LogP contribution < -0.4 is 5.32 Å². The van der Waals surface area contributed by atoms with Gasteiger partial charge in [0.2, 0.25) is 15.9 Å². The van der Waals surface area contributed by atoms with Crippen molar-refractivity contribution in [2.75, 3.05) is 13.1 Å². The Bertz CT molecular complexity index is 726. The molecule has 2 rings (SSSR count). The average molecular weight is 354 g/mol. The van der Waals surface area contributed by atoms with Gasteiger partial charge in [-0.1, -0.05) is 25.5 Å². The first-order valence-corrected chi connectivity index (χ1v) is 9.29. The molecule has 1 saturated heterocycles. The van der Waals surface area contributed by atoms with E-state index in [-0.39, 0.29) is 18.0 Å². The predicted molar refractivity (Wildman–Crippen MR) is 87.9 cm³/mol. The van der Waals surface area contributed by atoms with Crippen molar-refractivity contribution in [1.82, 2.24) is 9.62 Å². The minimum Gasteiger partial charge on any atom is -0.480 e. The third kappa shape index (κ3) is 3.93. The molecule has 132 valence electrons. The van der Waals surface area contributed by atoms with Crippen LogP contribution in [0.15, 0.2) is 29.2 Å². The van der Waals surface area contributed by atoms with Gasteiger partial charge >= 0.3 is 5.97 Å². The molecule has 1 unspecified atom stereocenters. The van der Waals surface area contributed by atoms with Gasteiger partial charge in [-0.2, -0.15) is 4.31 Å². The predicted octanol–water partition coefficient (Wildman–Crippen LogP) is 0.985. The molecule has 1 atom stereocenters. The monoisotopic (exact) mass is 354 g/mol. The van der Waals surface area contributed by atoms with Crippen LogP contribution in [0.1, 0.15) is 25.3 Å². The van der Waals surface area contributed by atoms with Gasteiger partial charge in [-0.3, -0.25) is 4.79 Å². The van der Waals surface area contributed by atoms with Crippen molar-refractivity contribution >= 4 is 21.9 Å². The number of nitrogens with zero attached hydrogens (tertiary/aromatic N) is 1. The summed E-state index contributed by atoms with van der Waals surface area (Å²) in [4.78, 5) is 23.4. The van der Waals surface area contributed by atoms with E-state index in [2.05, 4.69) is 5.32 Å². The lowest BCUT2D eigenvalue weighted by Gasteiger charge is -2.37. The van der Waals surface area contributed by atoms with Crippen molar-refractivity contribution in [1.29, 1.82) is 0 Å². The number of sulfonamides is 1. The Morgan fingerprint density at radius 1 is 1.38 bits per heavy atom. The van der Waals surface area contributed by atoms with E-state index in [4.69, 9.17) is 5.11 Å². The van der Waals surface area contributed by atoms with E-state index in [1.807, 2.05) is 19.9 Å². The van der Waals surface area contributed by atoms with E-state index >= 15 is 0 Å². The lowest BCUT2D eigenvalue weighted by molar-refractivity contribution is -0.143. The first kappa shape index (κ1) is 18.4. The topological polar surface area (TPSA) is 104 Å². The lowest BCUT2D eigenvalue weighted by atomic mass is 10.0. The van der Waals surface area contributed by atoms with Gasteiger partial charge in [-0.25, -0.2) is 13.2 Å². The average Bonchev–Trinajstić information content (AvgIpc) is 2.44. The number of amides is 1. The molecule has 8 heteroatoms. The zero-order valence-electron chi connectivity index (χ0n) is 13.7. The van der Waals surface area contributed by atoms with Crippen LogP contribution in [0, 0.1) is 12.8 Å². The van der Waals surface area contributed by atoms with Crippen LogP contribution in [0.4, 0.5) is 0 Å². The minimum absolute atomic E-state index is 0.0700. The van der Waals surface area contributed by atoms with Gasteiger partial charge in [0.15, 0.2) is 0 Å². The van der Waals surface area contributed by atoms with Gasteiger partial charge < -0.3 is 10.4 Å². The third-order valence-corrected chi connectivity index (χ3v) is 5.87. The van der Waals surface area contributed by atoms with Crippen molar-refractivity contribution in [3.05, 3.63) is 29.8 Å². The van der Waals surface area contributed by atoms with Gasteiger partial charge in [0.25, 0.3) is 0 Å². The number of aliphatic carboxylic acids is 1. The summed E-state index contributed by atoms with van der Waals surface area (Å²) in [5.41, 5.74) is 0.842. The van der Waals surface area contributed by atoms with Crippen LogP contribution in [0.5, 0.6) is 0 Å². The summed E-state index contributed by atoms with van der Waals surface area (Å²) >= 11 is 0. The summed E-state index contributed by atoms with van der Waals surface area (Å²) in [6.07, 6.45) is 0.981. The molecule has 24 heavy (non-hydrogen) atoms. The molecule has 1 aromatic carbocycles. The zero-order valence-corrected chi connectivity index (χ0v) is 14.5. The summed E-state index contributed by atoms with van der Waals surface area (Å²) in [7, 11) is -3.61. The molecule has 1 fully saturated rings. The number of rotatable bonds is 7. The van der Waals surface area contributed by atoms with Crippen molar-refractivity contribution in [3.63, 3.8) is 0 Å². The van der Waals surface area contributed by atoms with Crippen LogP contribution in [-0.4, -0.2) is 48.8 Å². The molecule has 0 bridgehead atoms. The second kappa shape index (κ2) is 7.31. The normalized spacial score (nSPS) is 17.1.